The number of imidazole rings is 1. The molecule has 3 amide bonds. The highest BCUT2D eigenvalue weighted by Crippen LogP contribution is 2.31. The molecule has 1 aliphatic heterocycles. The van der Waals surface area contributed by atoms with Crippen molar-refractivity contribution in [1.29, 1.82) is 0 Å². The summed E-state index contributed by atoms with van der Waals surface area (Å²) in [5.74, 6) is -0.394. The van der Waals surface area contributed by atoms with Crippen molar-refractivity contribution in [3.8, 4) is 5.75 Å². The number of carbonyl (C=O) groups is 2. The smallest absolute Gasteiger partial charge is 0.321 e. The van der Waals surface area contributed by atoms with Gasteiger partial charge >= 0.3 is 6.03 Å². The van der Waals surface area contributed by atoms with Crippen molar-refractivity contribution in [3.63, 3.8) is 0 Å². The van der Waals surface area contributed by atoms with Gasteiger partial charge in [-0.1, -0.05) is 43.3 Å². The quantitative estimate of drug-likeness (QED) is 0.272. The number of urea groups is 1. The van der Waals surface area contributed by atoms with Crippen LogP contribution in [0.2, 0.25) is 0 Å². The Morgan fingerprint density at radius 3 is 2.66 bits per heavy atom. The molecule has 232 valence electrons. The first-order chi connectivity index (χ1) is 21.0. The lowest BCUT2D eigenvalue weighted by Gasteiger charge is -2.38. The highest BCUT2D eigenvalue weighted by molar-refractivity contribution is 7.92. The van der Waals surface area contributed by atoms with Crippen LogP contribution in [-0.2, 0) is 17.1 Å². The Hall–Kier alpha value is -4.62. The molecule has 0 saturated carbocycles. The predicted octanol–water partition coefficient (Wildman–Crippen LogP) is 3.76. The van der Waals surface area contributed by atoms with Crippen LogP contribution in [-0.4, -0.2) is 83.7 Å². The molecule has 0 unspecified atom stereocenters. The van der Waals surface area contributed by atoms with E-state index in [2.05, 4.69) is 15.0 Å². The van der Waals surface area contributed by atoms with Gasteiger partial charge in [0.25, 0.3) is 15.9 Å². The molecule has 3 N–H and O–H groups in total. The third kappa shape index (κ3) is 6.48. The van der Waals surface area contributed by atoms with Gasteiger partial charge in [-0.3, -0.25) is 9.52 Å². The van der Waals surface area contributed by atoms with Gasteiger partial charge in [0.05, 0.1) is 36.8 Å². The van der Waals surface area contributed by atoms with Gasteiger partial charge in [-0.25, -0.2) is 9.78 Å². The predicted molar refractivity (Wildman–Crippen MR) is 167 cm³/mol. The lowest BCUT2D eigenvalue weighted by molar-refractivity contribution is 0.0371. The van der Waals surface area contributed by atoms with Crippen LogP contribution >= 0.6 is 0 Å². The highest BCUT2D eigenvalue weighted by atomic mass is 32.2. The van der Waals surface area contributed by atoms with Crippen LogP contribution in [0.25, 0.3) is 10.8 Å². The van der Waals surface area contributed by atoms with E-state index in [1.54, 1.807) is 25.9 Å². The molecular formula is C31H36N6O6S. The monoisotopic (exact) mass is 620 g/mol. The average molecular weight is 621 g/mol. The Bertz CT molecular complexity index is 1790. The number of carbonyl (C=O) groups excluding carboxylic acids is 2. The number of anilines is 2. The number of nitrogens with one attached hydrogen (secondary N) is 2. The fourth-order valence-electron chi connectivity index (χ4n) is 5.14. The molecule has 12 nitrogen and oxygen atoms in total. The van der Waals surface area contributed by atoms with Crippen LogP contribution in [0.5, 0.6) is 5.75 Å². The maximum absolute atomic E-state index is 13.7. The molecule has 13 heteroatoms. The molecule has 2 heterocycles. The van der Waals surface area contributed by atoms with Crippen LogP contribution in [0.15, 0.2) is 78.2 Å². The van der Waals surface area contributed by atoms with Crippen molar-refractivity contribution < 1.29 is 27.9 Å². The number of benzene rings is 3. The number of ether oxygens (including phenoxy) is 1. The molecule has 0 spiro atoms. The van der Waals surface area contributed by atoms with Crippen molar-refractivity contribution in [2.45, 2.75) is 31.0 Å². The molecule has 1 aliphatic rings. The summed E-state index contributed by atoms with van der Waals surface area (Å²) in [6.45, 7) is 3.83. The van der Waals surface area contributed by atoms with E-state index in [9.17, 15) is 23.1 Å². The number of fused-ring (bicyclic) bond motifs is 2. The van der Waals surface area contributed by atoms with Gasteiger partial charge in [0.1, 0.15) is 11.9 Å². The molecule has 3 atom stereocenters. The van der Waals surface area contributed by atoms with E-state index in [1.165, 1.54) is 40.2 Å². The Morgan fingerprint density at radius 2 is 1.93 bits per heavy atom. The minimum Gasteiger partial charge on any atom is -0.487 e. The lowest BCUT2D eigenvalue weighted by Crippen LogP contribution is -2.50. The summed E-state index contributed by atoms with van der Waals surface area (Å²) in [6, 6.07) is 17.1. The summed E-state index contributed by atoms with van der Waals surface area (Å²) in [5.41, 5.74) is 0.970. The zero-order valence-electron chi connectivity index (χ0n) is 25.0. The normalized spacial score (nSPS) is 17.7. The number of nitrogens with zero attached hydrogens (tertiary/aromatic N) is 4. The summed E-state index contributed by atoms with van der Waals surface area (Å²) < 4.78 is 36.2. The Balaban J connectivity index is 1.40. The van der Waals surface area contributed by atoms with Crippen LogP contribution < -0.4 is 14.8 Å². The van der Waals surface area contributed by atoms with Crippen LogP contribution in [0.4, 0.5) is 16.2 Å². The topological polar surface area (TPSA) is 146 Å². The number of hydrogen-bond acceptors (Lipinski definition) is 7. The van der Waals surface area contributed by atoms with Crippen molar-refractivity contribution in [2.75, 3.05) is 36.8 Å². The first-order valence-corrected chi connectivity index (χ1v) is 15.7. The van der Waals surface area contributed by atoms with Crippen molar-refractivity contribution in [2.24, 2.45) is 13.0 Å². The molecule has 44 heavy (non-hydrogen) atoms. The number of amides is 3. The second-order valence-electron chi connectivity index (χ2n) is 11.2. The first-order valence-electron chi connectivity index (χ1n) is 14.2. The minimum atomic E-state index is -4.01. The number of aliphatic hydroxyl groups excluding tert-OH is 1. The molecule has 4 aromatic rings. The Labute approximate surface area is 256 Å². The van der Waals surface area contributed by atoms with E-state index in [4.69, 9.17) is 4.74 Å². The number of aliphatic hydroxyl groups is 1. The maximum atomic E-state index is 13.7. The summed E-state index contributed by atoms with van der Waals surface area (Å²) >= 11 is 0. The van der Waals surface area contributed by atoms with Crippen molar-refractivity contribution in [3.05, 3.63) is 78.8 Å². The second-order valence-corrected chi connectivity index (χ2v) is 12.8. The molecular weight excluding hydrogens is 584 g/mol. The van der Waals surface area contributed by atoms with E-state index in [-0.39, 0.29) is 53.7 Å². The van der Waals surface area contributed by atoms with E-state index in [0.717, 1.165) is 10.8 Å². The number of hydrogen-bond donors (Lipinski definition) is 3. The van der Waals surface area contributed by atoms with Gasteiger partial charge in [-0.05, 0) is 36.6 Å². The van der Waals surface area contributed by atoms with E-state index < -0.39 is 28.1 Å². The largest absolute Gasteiger partial charge is 0.487 e. The Morgan fingerprint density at radius 1 is 1.18 bits per heavy atom. The van der Waals surface area contributed by atoms with Gasteiger partial charge < -0.3 is 29.5 Å². The van der Waals surface area contributed by atoms with Crippen molar-refractivity contribution >= 4 is 44.1 Å². The molecule has 0 fully saturated rings. The third-order valence-electron chi connectivity index (χ3n) is 7.71. The fourth-order valence-corrected chi connectivity index (χ4v) is 6.17. The third-order valence-corrected chi connectivity index (χ3v) is 8.97. The second kappa shape index (κ2) is 12.5. The molecule has 0 bridgehead atoms. The summed E-state index contributed by atoms with van der Waals surface area (Å²) in [5, 5.41) is 14.7. The van der Waals surface area contributed by atoms with Crippen molar-refractivity contribution in [1.82, 2.24) is 19.4 Å². The lowest BCUT2D eigenvalue weighted by atomic mass is 9.99. The number of aryl methyl sites for hydroxylation is 1. The van der Waals surface area contributed by atoms with Gasteiger partial charge in [0, 0.05) is 43.8 Å². The van der Waals surface area contributed by atoms with Crippen LogP contribution in [0.3, 0.4) is 0 Å². The first kappa shape index (κ1) is 30.8. The van der Waals surface area contributed by atoms with E-state index in [0.29, 0.717) is 5.69 Å². The van der Waals surface area contributed by atoms with Crippen LogP contribution in [0, 0.1) is 5.92 Å². The zero-order chi connectivity index (χ0) is 31.6. The average Bonchev–Trinajstić information content (AvgIpc) is 3.46. The summed E-state index contributed by atoms with van der Waals surface area (Å²) in [6.07, 6.45) is 2.21. The van der Waals surface area contributed by atoms with Gasteiger partial charge in [0.2, 0.25) is 0 Å². The molecule has 1 aromatic heterocycles. The molecule has 0 aliphatic carbocycles. The van der Waals surface area contributed by atoms with Crippen LogP contribution in [0.1, 0.15) is 24.2 Å². The van der Waals surface area contributed by atoms with Gasteiger partial charge in [0.15, 0.2) is 5.03 Å². The number of aromatic nitrogens is 2. The molecule has 5 rings (SSSR count). The fraction of sp³-hybridized carbons (Fsp3) is 0.323. The Kier molecular flexibility index (Phi) is 8.79. The number of likely N-dealkylation sites (N-methyl/N-ethyl adjacent to an activating group) is 1. The molecule has 3 aromatic carbocycles. The maximum Gasteiger partial charge on any atom is 0.321 e. The van der Waals surface area contributed by atoms with E-state index >= 15 is 0 Å². The standard InChI is InChI=1S/C31H36N6O6S/c1-20-15-37(21(2)18-38)30(39)25-14-23(34-44(41,42)29-17-35(3)19-32-29)12-13-27(25)43-28(20)16-36(4)31(40)33-26-11-7-9-22-8-5-6-10-24(22)26/h5-14,17,19-21,28,34,38H,15-16,18H2,1-4H3,(H,33,40)/t20-,21+,28-/m1/s1. The highest BCUT2D eigenvalue weighted by Gasteiger charge is 2.34. The zero-order valence-corrected chi connectivity index (χ0v) is 25.8. The minimum absolute atomic E-state index is 0.131. The molecule has 0 saturated heterocycles. The SMILES string of the molecule is C[C@@H]1CN([C@@H](C)CO)C(=O)c2cc(NS(=O)(=O)c3cn(C)cn3)ccc2O[C@@H]1CN(C)C(=O)Nc1cccc2ccccc12. The summed E-state index contributed by atoms with van der Waals surface area (Å²) in [7, 11) is -0.680. The molecule has 0 radical (unpaired) electrons. The summed E-state index contributed by atoms with van der Waals surface area (Å²) in [4.78, 5) is 34.0. The number of rotatable bonds is 8. The van der Waals surface area contributed by atoms with E-state index in [1.807, 2.05) is 49.4 Å². The van der Waals surface area contributed by atoms with Gasteiger partial charge in [-0.2, -0.15) is 8.42 Å². The number of sulfonamides is 1. The van der Waals surface area contributed by atoms with Gasteiger partial charge in [-0.15, -0.1) is 0 Å².